The van der Waals surface area contributed by atoms with Crippen LogP contribution in [-0.4, -0.2) is 23.6 Å². The third kappa shape index (κ3) is 2.20. The SMILES string of the molecule is C=CCN(C)c1ncc(Cl)cn1. The van der Waals surface area contributed by atoms with Gasteiger partial charge in [0.1, 0.15) is 0 Å². The molecular weight excluding hydrogens is 174 g/mol. The van der Waals surface area contributed by atoms with Crippen LogP contribution in [0.25, 0.3) is 0 Å². The number of halogens is 1. The standard InChI is InChI=1S/C8H10ClN3/c1-3-4-12(2)8-10-5-7(9)6-11-8/h3,5-6H,1,4H2,2H3. The van der Waals surface area contributed by atoms with Crippen molar-refractivity contribution in [3.63, 3.8) is 0 Å². The molecule has 1 rings (SSSR count). The Balaban J connectivity index is 2.74. The summed E-state index contributed by atoms with van der Waals surface area (Å²) in [5, 5.41) is 0.547. The molecule has 0 saturated carbocycles. The van der Waals surface area contributed by atoms with Crippen LogP contribution >= 0.6 is 11.6 Å². The Hall–Kier alpha value is -1.09. The van der Waals surface area contributed by atoms with Crippen molar-refractivity contribution in [3.05, 3.63) is 30.1 Å². The molecule has 0 atom stereocenters. The van der Waals surface area contributed by atoms with Gasteiger partial charge in [0, 0.05) is 13.6 Å². The van der Waals surface area contributed by atoms with Crippen molar-refractivity contribution in [2.75, 3.05) is 18.5 Å². The summed E-state index contributed by atoms with van der Waals surface area (Å²) in [4.78, 5) is 9.94. The highest BCUT2D eigenvalue weighted by atomic mass is 35.5. The number of nitrogens with zero attached hydrogens (tertiary/aromatic N) is 3. The first kappa shape index (κ1) is 9.00. The fraction of sp³-hybridized carbons (Fsp3) is 0.250. The van der Waals surface area contributed by atoms with Crippen LogP contribution in [0.4, 0.5) is 5.95 Å². The van der Waals surface area contributed by atoms with Gasteiger partial charge >= 0.3 is 0 Å². The molecule has 0 saturated heterocycles. The number of hydrogen-bond acceptors (Lipinski definition) is 3. The summed E-state index contributed by atoms with van der Waals surface area (Å²) in [6.45, 7) is 4.34. The molecule has 0 fully saturated rings. The maximum Gasteiger partial charge on any atom is 0.225 e. The Kier molecular flexibility index (Phi) is 3.05. The largest absolute Gasteiger partial charge is 0.340 e. The van der Waals surface area contributed by atoms with Gasteiger partial charge in [0.2, 0.25) is 5.95 Å². The molecule has 0 aliphatic rings. The van der Waals surface area contributed by atoms with Crippen molar-refractivity contribution < 1.29 is 0 Å². The Morgan fingerprint density at radius 3 is 2.67 bits per heavy atom. The van der Waals surface area contributed by atoms with E-state index < -0.39 is 0 Å². The van der Waals surface area contributed by atoms with Gasteiger partial charge in [0.05, 0.1) is 17.4 Å². The van der Waals surface area contributed by atoms with Crippen molar-refractivity contribution in [1.82, 2.24) is 9.97 Å². The predicted octanol–water partition coefficient (Wildman–Crippen LogP) is 1.75. The minimum Gasteiger partial charge on any atom is -0.340 e. The van der Waals surface area contributed by atoms with E-state index in [1.165, 1.54) is 0 Å². The van der Waals surface area contributed by atoms with Gasteiger partial charge in [0.15, 0.2) is 0 Å². The first-order chi connectivity index (χ1) is 5.74. The third-order valence-electron chi connectivity index (χ3n) is 1.35. The zero-order chi connectivity index (χ0) is 8.97. The molecule has 1 heterocycles. The first-order valence-corrected chi connectivity index (χ1v) is 3.91. The molecule has 0 unspecified atom stereocenters. The molecule has 1 aromatic rings. The molecule has 4 heteroatoms. The van der Waals surface area contributed by atoms with Crippen LogP contribution in [0.5, 0.6) is 0 Å². The topological polar surface area (TPSA) is 29.0 Å². The Bertz CT molecular complexity index is 258. The van der Waals surface area contributed by atoms with Crippen LogP contribution in [-0.2, 0) is 0 Å². The van der Waals surface area contributed by atoms with E-state index in [1.807, 2.05) is 11.9 Å². The zero-order valence-corrected chi connectivity index (χ0v) is 7.62. The van der Waals surface area contributed by atoms with Crippen molar-refractivity contribution in [2.24, 2.45) is 0 Å². The number of hydrogen-bond donors (Lipinski definition) is 0. The number of anilines is 1. The van der Waals surface area contributed by atoms with E-state index in [0.29, 0.717) is 11.0 Å². The minimum absolute atomic E-state index is 0.547. The van der Waals surface area contributed by atoms with E-state index in [9.17, 15) is 0 Å². The number of aromatic nitrogens is 2. The predicted molar refractivity (Wildman–Crippen MR) is 50.5 cm³/mol. The molecule has 12 heavy (non-hydrogen) atoms. The maximum atomic E-state index is 5.63. The lowest BCUT2D eigenvalue weighted by atomic mass is 10.5. The molecule has 0 aliphatic heterocycles. The van der Waals surface area contributed by atoms with Crippen LogP contribution < -0.4 is 4.90 Å². The summed E-state index contributed by atoms with van der Waals surface area (Å²) >= 11 is 5.63. The molecule has 1 aromatic heterocycles. The number of rotatable bonds is 3. The lowest BCUT2D eigenvalue weighted by Gasteiger charge is -2.13. The zero-order valence-electron chi connectivity index (χ0n) is 6.87. The fourth-order valence-electron chi connectivity index (χ4n) is 0.778. The van der Waals surface area contributed by atoms with Crippen LogP contribution in [0, 0.1) is 0 Å². The minimum atomic E-state index is 0.547. The highest BCUT2D eigenvalue weighted by Crippen LogP contribution is 2.08. The van der Waals surface area contributed by atoms with E-state index in [1.54, 1.807) is 18.5 Å². The number of likely N-dealkylation sites (N-methyl/N-ethyl adjacent to an activating group) is 1. The van der Waals surface area contributed by atoms with Gasteiger partial charge in [-0.1, -0.05) is 17.7 Å². The molecule has 0 N–H and O–H groups in total. The van der Waals surface area contributed by atoms with Gasteiger partial charge in [-0.15, -0.1) is 6.58 Å². The second-order valence-electron chi connectivity index (χ2n) is 2.37. The Morgan fingerprint density at radius 2 is 2.17 bits per heavy atom. The van der Waals surface area contributed by atoms with Gasteiger partial charge in [-0.05, 0) is 0 Å². The third-order valence-corrected chi connectivity index (χ3v) is 1.55. The van der Waals surface area contributed by atoms with Gasteiger partial charge in [-0.2, -0.15) is 0 Å². The second kappa shape index (κ2) is 4.07. The molecule has 0 bridgehead atoms. The van der Waals surface area contributed by atoms with Gasteiger partial charge in [-0.3, -0.25) is 0 Å². The summed E-state index contributed by atoms with van der Waals surface area (Å²) in [6, 6.07) is 0. The quantitative estimate of drug-likeness (QED) is 0.669. The van der Waals surface area contributed by atoms with Crippen LogP contribution in [0.1, 0.15) is 0 Å². The van der Waals surface area contributed by atoms with Gasteiger partial charge < -0.3 is 4.90 Å². The van der Waals surface area contributed by atoms with Gasteiger partial charge in [-0.25, -0.2) is 9.97 Å². The van der Waals surface area contributed by atoms with Crippen molar-refractivity contribution in [2.45, 2.75) is 0 Å². The maximum absolute atomic E-state index is 5.63. The average molecular weight is 184 g/mol. The average Bonchev–Trinajstić information content (AvgIpc) is 2.06. The smallest absolute Gasteiger partial charge is 0.225 e. The molecule has 0 amide bonds. The molecule has 0 aliphatic carbocycles. The van der Waals surface area contributed by atoms with Crippen LogP contribution in [0.2, 0.25) is 5.02 Å². The van der Waals surface area contributed by atoms with E-state index in [4.69, 9.17) is 11.6 Å². The molecule has 0 spiro atoms. The summed E-state index contributed by atoms with van der Waals surface area (Å²) in [6.07, 6.45) is 4.94. The Morgan fingerprint density at radius 1 is 1.58 bits per heavy atom. The van der Waals surface area contributed by atoms with E-state index in [2.05, 4.69) is 16.5 Å². The highest BCUT2D eigenvalue weighted by Gasteiger charge is 2.00. The monoisotopic (exact) mass is 183 g/mol. The lowest BCUT2D eigenvalue weighted by Crippen LogP contribution is -2.18. The fourth-order valence-corrected chi connectivity index (χ4v) is 0.875. The summed E-state index contributed by atoms with van der Waals surface area (Å²) < 4.78 is 0. The van der Waals surface area contributed by atoms with Gasteiger partial charge in [0.25, 0.3) is 0 Å². The van der Waals surface area contributed by atoms with Crippen LogP contribution in [0.3, 0.4) is 0 Å². The molecule has 64 valence electrons. The van der Waals surface area contributed by atoms with E-state index >= 15 is 0 Å². The van der Waals surface area contributed by atoms with Crippen molar-refractivity contribution in [1.29, 1.82) is 0 Å². The summed E-state index contributed by atoms with van der Waals surface area (Å²) in [5.41, 5.74) is 0. The molecule has 3 nitrogen and oxygen atoms in total. The first-order valence-electron chi connectivity index (χ1n) is 3.53. The lowest BCUT2D eigenvalue weighted by molar-refractivity contribution is 0.942. The van der Waals surface area contributed by atoms with Crippen LogP contribution in [0.15, 0.2) is 25.0 Å². The van der Waals surface area contributed by atoms with E-state index in [-0.39, 0.29) is 0 Å². The normalized spacial score (nSPS) is 9.50. The van der Waals surface area contributed by atoms with Crippen molar-refractivity contribution in [3.8, 4) is 0 Å². The van der Waals surface area contributed by atoms with Crippen molar-refractivity contribution >= 4 is 17.5 Å². The Labute approximate surface area is 76.7 Å². The summed E-state index contributed by atoms with van der Waals surface area (Å²) in [7, 11) is 1.89. The summed E-state index contributed by atoms with van der Waals surface area (Å²) in [5.74, 6) is 0.652. The molecule has 0 aromatic carbocycles. The second-order valence-corrected chi connectivity index (χ2v) is 2.81. The molecular formula is C8H10ClN3. The van der Waals surface area contributed by atoms with E-state index in [0.717, 1.165) is 6.54 Å². The highest BCUT2D eigenvalue weighted by molar-refractivity contribution is 6.30. The molecule has 0 radical (unpaired) electrons.